The number of carbonyl (C=O) groups excluding carboxylic acids is 3. The smallest absolute Gasteiger partial charge is 0.493 e. The van der Waals surface area contributed by atoms with Crippen molar-refractivity contribution in [2.75, 3.05) is 32.8 Å². The van der Waals surface area contributed by atoms with Crippen molar-refractivity contribution < 1.29 is 28.6 Å². The summed E-state index contributed by atoms with van der Waals surface area (Å²) in [5.41, 5.74) is 1.58. The van der Waals surface area contributed by atoms with Crippen molar-refractivity contribution >= 4 is 18.0 Å². The van der Waals surface area contributed by atoms with Crippen molar-refractivity contribution in [3.8, 4) is 11.5 Å². The second-order valence-corrected chi connectivity index (χ2v) is 8.56. The minimum absolute atomic E-state index is 0.158. The molecule has 2 amide bonds. The van der Waals surface area contributed by atoms with E-state index in [9.17, 15) is 14.4 Å². The van der Waals surface area contributed by atoms with Gasteiger partial charge in [0.05, 0.1) is 13.2 Å². The summed E-state index contributed by atoms with van der Waals surface area (Å²) in [6.07, 6.45) is 2.11. The minimum Gasteiger partial charge on any atom is -0.493 e. The highest BCUT2D eigenvalue weighted by atomic mass is 16.7. The lowest BCUT2D eigenvalue weighted by Crippen LogP contribution is -2.41. The van der Waals surface area contributed by atoms with E-state index in [2.05, 4.69) is 5.32 Å². The molecule has 1 heterocycles. The molecule has 8 heteroatoms. The van der Waals surface area contributed by atoms with Crippen LogP contribution in [0.1, 0.15) is 48.5 Å². The molecule has 0 radical (unpaired) electrons. The van der Waals surface area contributed by atoms with Crippen molar-refractivity contribution in [2.45, 2.75) is 39.5 Å². The Bertz CT molecular complexity index is 983. The average Bonchev–Trinajstić information content (AvgIpc) is 2.87. The van der Waals surface area contributed by atoms with Gasteiger partial charge in [0.2, 0.25) is 5.91 Å². The molecule has 1 aliphatic heterocycles. The summed E-state index contributed by atoms with van der Waals surface area (Å²) in [6.45, 7) is 6.43. The fourth-order valence-electron chi connectivity index (χ4n) is 3.93. The van der Waals surface area contributed by atoms with Crippen LogP contribution in [0, 0.1) is 12.8 Å². The highest BCUT2D eigenvalue weighted by molar-refractivity contribution is 5.94. The molecule has 188 valence electrons. The molecule has 0 bridgehead atoms. The molecule has 2 aromatic carbocycles. The zero-order valence-electron chi connectivity index (χ0n) is 20.5. The predicted octanol–water partition coefficient (Wildman–Crippen LogP) is 4.36. The molecule has 0 aliphatic carbocycles. The van der Waals surface area contributed by atoms with Crippen molar-refractivity contribution in [3.63, 3.8) is 0 Å². The number of benzene rings is 2. The normalized spacial score (nSPS) is 13.7. The van der Waals surface area contributed by atoms with Crippen molar-refractivity contribution in [1.82, 2.24) is 10.2 Å². The average molecular weight is 483 g/mol. The molecular weight excluding hydrogens is 448 g/mol. The third kappa shape index (κ3) is 8.31. The second-order valence-electron chi connectivity index (χ2n) is 8.56. The minimum atomic E-state index is -0.773. The summed E-state index contributed by atoms with van der Waals surface area (Å²) in [5.74, 6) is 1.49. The first-order chi connectivity index (χ1) is 17.0. The molecule has 0 spiro atoms. The van der Waals surface area contributed by atoms with Crippen molar-refractivity contribution in [3.05, 3.63) is 59.7 Å². The number of aryl methyl sites for hydroxylation is 1. The Morgan fingerprint density at radius 3 is 2.43 bits per heavy atom. The van der Waals surface area contributed by atoms with Gasteiger partial charge in [0.1, 0.15) is 11.5 Å². The topological polar surface area (TPSA) is 94.2 Å². The van der Waals surface area contributed by atoms with Crippen LogP contribution in [-0.4, -0.2) is 55.7 Å². The molecule has 0 saturated carbocycles. The number of hydrogen-bond donors (Lipinski definition) is 1. The third-order valence-electron chi connectivity index (χ3n) is 5.98. The molecule has 1 aliphatic rings. The molecule has 2 aromatic rings. The van der Waals surface area contributed by atoms with Crippen LogP contribution >= 0.6 is 0 Å². The Balaban J connectivity index is 1.32. The molecule has 3 rings (SSSR count). The Kier molecular flexibility index (Phi) is 9.95. The van der Waals surface area contributed by atoms with Gasteiger partial charge >= 0.3 is 6.16 Å². The van der Waals surface area contributed by atoms with Gasteiger partial charge in [-0.15, -0.1) is 0 Å². The quantitative estimate of drug-likeness (QED) is 0.307. The molecule has 1 N–H and O–H groups in total. The number of rotatable bonds is 10. The summed E-state index contributed by atoms with van der Waals surface area (Å²) in [4.78, 5) is 38.2. The maximum Gasteiger partial charge on any atom is 0.513 e. The predicted molar refractivity (Wildman–Crippen MR) is 132 cm³/mol. The molecule has 0 aromatic heterocycles. The number of nitrogens with zero attached hydrogens (tertiary/aromatic N) is 1. The lowest BCUT2D eigenvalue weighted by atomic mass is 9.96. The SMILES string of the molecule is CCOC(=O)Oc1ccc(C(=O)NCC2CCN(C(=O)CCCOc3ccccc3C)CC2)cc1. The van der Waals surface area contributed by atoms with E-state index in [0.29, 0.717) is 56.3 Å². The number of amides is 2. The summed E-state index contributed by atoms with van der Waals surface area (Å²) in [7, 11) is 0. The van der Waals surface area contributed by atoms with E-state index in [4.69, 9.17) is 14.2 Å². The highest BCUT2D eigenvalue weighted by Gasteiger charge is 2.23. The van der Waals surface area contributed by atoms with Crippen molar-refractivity contribution in [2.24, 2.45) is 5.92 Å². The van der Waals surface area contributed by atoms with E-state index in [-0.39, 0.29) is 18.4 Å². The van der Waals surface area contributed by atoms with Gasteiger partial charge in [0, 0.05) is 31.6 Å². The maximum atomic E-state index is 12.5. The van der Waals surface area contributed by atoms with E-state index in [1.54, 1.807) is 31.2 Å². The van der Waals surface area contributed by atoms with Gasteiger partial charge in [-0.25, -0.2) is 4.79 Å². The van der Waals surface area contributed by atoms with Gasteiger partial charge in [-0.3, -0.25) is 9.59 Å². The molecule has 35 heavy (non-hydrogen) atoms. The van der Waals surface area contributed by atoms with Gasteiger partial charge in [-0.1, -0.05) is 18.2 Å². The summed E-state index contributed by atoms with van der Waals surface area (Å²) in [6, 6.07) is 14.2. The van der Waals surface area contributed by atoms with E-state index in [0.717, 1.165) is 24.2 Å². The lowest BCUT2D eigenvalue weighted by Gasteiger charge is -2.32. The van der Waals surface area contributed by atoms with Gasteiger partial charge in [-0.05, 0) is 74.9 Å². The van der Waals surface area contributed by atoms with E-state index < -0.39 is 6.16 Å². The second kappa shape index (κ2) is 13.4. The number of piperidine rings is 1. The number of nitrogens with one attached hydrogen (secondary N) is 1. The van der Waals surface area contributed by atoms with Crippen LogP contribution in [0.4, 0.5) is 4.79 Å². The Morgan fingerprint density at radius 2 is 1.74 bits per heavy atom. The zero-order chi connectivity index (χ0) is 25.0. The van der Waals surface area contributed by atoms with Gasteiger partial charge in [0.25, 0.3) is 5.91 Å². The summed E-state index contributed by atoms with van der Waals surface area (Å²) in [5, 5.41) is 2.96. The van der Waals surface area contributed by atoms with Crippen molar-refractivity contribution in [1.29, 1.82) is 0 Å². The molecular formula is C27H34N2O6. The Hall–Kier alpha value is -3.55. The van der Waals surface area contributed by atoms with Crippen LogP contribution < -0.4 is 14.8 Å². The van der Waals surface area contributed by atoms with Crippen LogP contribution in [0.3, 0.4) is 0 Å². The number of hydrogen-bond acceptors (Lipinski definition) is 6. The Labute approximate surface area is 206 Å². The number of para-hydroxylation sites is 1. The molecule has 8 nitrogen and oxygen atoms in total. The fourth-order valence-corrected chi connectivity index (χ4v) is 3.93. The van der Waals surface area contributed by atoms with Crippen LogP contribution in [0.2, 0.25) is 0 Å². The van der Waals surface area contributed by atoms with E-state index in [1.807, 2.05) is 36.1 Å². The summed E-state index contributed by atoms with van der Waals surface area (Å²) >= 11 is 0. The number of likely N-dealkylation sites (tertiary alicyclic amines) is 1. The monoisotopic (exact) mass is 482 g/mol. The maximum absolute atomic E-state index is 12.5. The van der Waals surface area contributed by atoms with Gasteiger partial charge in [0.15, 0.2) is 0 Å². The number of carbonyl (C=O) groups is 3. The number of ether oxygens (including phenoxy) is 3. The molecule has 1 fully saturated rings. The van der Waals surface area contributed by atoms with Crippen LogP contribution in [0.5, 0.6) is 11.5 Å². The largest absolute Gasteiger partial charge is 0.513 e. The molecule has 0 atom stereocenters. The van der Waals surface area contributed by atoms with Crippen LogP contribution in [0.15, 0.2) is 48.5 Å². The van der Waals surface area contributed by atoms with E-state index >= 15 is 0 Å². The molecule has 1 saturated heterocycles. The fraction of sp³-hybridized carbons (Fsp3) is 0.444. The molecule has 0 unspecified atom stereocenters. The first-order valence-corrected chi connectivity index (χ1v) is 12.1. The summed E-state index contributed by atoms with van der Waals surface area (Å²) < 4.78 is 15.5. The first kappa shape index (κ1) is 26.1. The van der Waals surface area contributed by atoms with E-state index in [1.165, 1.54) is 0 Å². The first-order valence-electron chi connectivity index (χ1n) is 12.1. The van der Waals surface area contributed by atoms with Gasteiger partial charge in [-0.2, -0.15) is 0 Å². The highest BCUT2D eigenvalue weighted by Crippen LogP contribution is 2.19. The lowest BCUT2D eigenvalue weighted by molar-refractivity contribution is -0.132. The third-order valence-corrected chi connectivity index (χ3v) is 5.98. The Morgan fingerprint density at radius 1 is 1.03 bits per heavy atom. The van der Waals surface area contributed by atoms with Crippen LogP contribution in [-0.2, 0) is 9.53 Å². The van der Waals surface area contributed by atoms with Crippen LogP contribution in [0.25, 0.3) is 0 Å². The zero-order valence-corrected chi connectivity index (χ0v) is 20.5. The standard InChI is InChI=1S/C27H34N2O6/c1-3-33-27(32)35-23-12-10-22(11-13-23)26(31)28-19-21-14-16-29(17-15-21)25(30)9-6-18-34-24-8-5-4-7-20(24)2/h4-5,7-8,10-13,21H,3,6,9,14-19H2,1-2H3,(H,28,31). The van der Waals surface area contributed by atoms with Gasteiger partial charge < -0.3 is 24.4 Å².